The first-order valence-electron chi connectivity index (χ1n) is 5.41. The molecule has 0 saturated carbocycles. The topological polar surface area (TPSA) is 64.3 Å². The van der Waals surface area contributed by atoms with Crippen molar-refractivity contribution in [1.82, 2.24) is 0 Å². The molecule has 0 saturated heterocycles. The molecule has 0 bridgehead atoms. The Morgan fingerprint density at radius 2 is 2.11 bits per heavy atom. The Labute approximate surface area is 109 Å². The number of rotatable bonds is 3. The van der Waals surface area contributed by atoms with Crippen LogP contribution in [0.2, 0.25) is 0 Å². The number of ether oxygens (including phenoxy) is 1. The minimum absolute atomic E-state index is 0.180. The third-order valence-electron chi connectivity index (χ3n) is 2.45. The smallest absolute Gasteiger partial charge is 0.265 e. The number of nitrogens with two attached hydrogens (primary N) is 1. The van der Waals surface area contributed by atoms with Crippen LogP contribution in [0.3, 0.4) is 0 Å². The van der Waals surface area contributed by atoms with Gasteiger partial charge in [0.1, 0.15) is 5.75 Å². The number of hydrogen-bond donors (Lipinski definition) is 2. The number of thiophene rings is 1. The molecule has 0 aliphatic heterocycles. The summed E-state index contributed by atoms with van der Waals surface area (Å²) < 4.78 is 5.21. The minimum Gasteiger partial charge on any atom is -0.495 e. The van der Waals surface area contributed by atoms with E-state index in [0.29, 0.717) is 21.3 Å². The molecular weight excluding hydrogens is 248 g/mol. The minimum atomic E-state index is -0.180. The van der Waals surface area contributed by atoms with Crippen LogP contribution in [-0.2, 0) is 0 Å². The van der Waals surface area contributed by atoms with E-state index in [9.17, 15) is 4.79 Å². The van der Waals surface area contributed by atoms with Crippen LogP contribution in [0.5, 0.6) is 5.75 Å². The molecule has 0 radical (unpaired) electrons. The van der Waals surface area contributed by atoms with E-state index >= 15 is 0 Å². The fourth-order valence-electron chi connectivity index (χ4n) is 1.58. The molecular formula is C13H14N2O2S. The van der Waals surface area contributed by atoms with Crippen molar-refractivity contribution in [3.8, 4) is 5.75 Å². The lowest BCUT2D eigenvalue weighted by atomic mass is 10.2. The number of amides is 1. The van der Waals surface area contributed by atoms with Crippen LogP contribution in [0.15, 0.2) is 30.3 Å². The molecule has 94 valence electrons. The number of aryl methyl sites for hydroxylation is 1. The first-order valence-corrected chi connectivity index (χ1v) is 6.23. The number of hydrogen-bond acceptors (Lipinski definition) is 4. The summed E-state index contributed by atoms with van der Waals surface area (Å²) in [6, 6.07) is 9.05. The maximum Gasteiger partial charge on any atom is 0.265 e. The predicted octanol–water partition coefficient (Wildman–Crippen LogP) is 2.90. The number of benzene rings is 1. The molecule has 1 amide bonds. The second-order valence-electron chi connectivity index (χ2n) is 3.86. The maximum absolute atomic E-state index is 12.0. The predicted molar refractivity (Wildman–Crippen MR) is 74.4 cm³/mol. The van der Waals surface area contributed by atoms with Gasteiger partial charge < -0.3 is 15.8 Å². The van der Waals surface area contributed by atoms with Crippen LogP contribution in [0.1, 0.15) is 15.2 Å². The van der Waals surface area contributed by atoms with E-state index in [1.807, 2.05) is 25.1 Å². The number of nitrogens with one attached hydrogen (secondary N) is 1. The fourth-order valence-corrected chi connectivity index (χ4v) is 2.25. The van der Waals surface area contributed by atoms with E-state index in [4.69, 9.17) is 10.5 Å². The Hall–Kier alpha value is -2.01. The number of carbonyl (C=O) groups is 1. The van der Waals surface area contributed by atoms with Crippen molar-refractivity contribution >= 4 is 27.9 Å². The zero-order valence-electron chi connectivity index (χ0n) is 10.2. The molecule has 3 N–H and O–H groups in total. The maximum atomic E-state index is 12.0. The number of methoxy groups -OCH3 is 1. The zero-order chi connectivity index (χ0) is 13.1. The molecule has 0 spiro atoms. The molecule has 0 atom stereocenters. The van der Waals surface area contributed by atoms with E-state index in [1.54, 1.807) is 19.2 Å². The average molecular weight is 262 g/mol. The molecule has 1 aromatic heterocycles. The number of carbonyl (C=O) groups excluding carboxylic acids is 1. The molecule has 5 heteroatoms. The lowest BCUT2D eigenvalue weighted by Crippen LogP contribution is -2.11. The van der Waals surface area contributed by atoms with Crippen molar-refractivity contribution in [3.63, 3.8) is 0 Å². The summed E-state index contributed by atoms with van der Waals surface area (Å²) in [4.78, 5) is 12.6. The summed E-state index contributed by atoms with van der Waals surface area (Å²) in [7, 11) is 1.57. The van der Waals surface area contributed by atoms with Crippen LogP contribution in [-0.4, -0.2) is 13.0 Å². The second kappa shape index (κ2) is 5.10. The summed E-state index contributed by atoms with van der Waals surface area (Å²) >= 11 is 1.26. The van der Waals surface area contributed by atoms with Gasteiger partial charge >= 0.3 is 0 Å². The Morgan fingerprint density at radius 1 is 1.33 bits per heavy atom. The summed E-state index contributed by atoms with van der Waals surface area (Å²) in [5, 5.41) is 3.44. The van der Waals surface area contributed by atoms with Gasteiger partial charge in [-0.1, -0.05) is 6.07 Å². The SMILES string of the molecule is COc1ccc(C)cc1NC(=O)c1ccc(N)s1. The standard InChI is InChI=1S/C13H14N2O2S/c1-8-3-4-10(17-2)9(7-8)15-13(16)11-5-6-12(14)18-11/h3-7H,14H2,1-2H3,(H,15,16). The van der Waals surface area contributed by atoms with Gasteiger partial charge in [-0.25, -0.2) is 0 Å². The van der Waals surface area contributed by atoms with Crippen molar-refractivity contribution < 1.29 is 9.53 Å². The normalized spacial score (nSPS) is 10.1. The van der Waals surface area contributed by atoms with Gasteiger partial charge in [0.25, 0.3) is 5.91 Å². The molecule has 1 heterocycles. The monoisotopic (exact) mass is 262 g/mol. The summed E-state index contributed by atoms with van der Waals surface area (Å²) in [6.07, 6.45) is 0. The Bertz CT molecular complexity index is 578. The van der Waals surface area contributed by atoms with Gasteiger partial charge in [0.05, 0.1) is 22.7 Å². The van der Waals surface area contributed by atoms with Crippen LogP contribution in [0.4, 0.5) is 10.7 Å². The Balaban J connectivity index is 2.23. The molecule has 2 rings (SSSR count). The van der Waals surface area contributed by atoms with Gasteiger partial charge in [-0.05, 0) is 36.8 Å². The molecule has 18 heavy (non-hydrogen) atoms. The Morgan fingerprint density at radius 3 is 2.72 bits per heavy atom. The third-order valence-corrected chi connectivity index (χ3v) is 3.37. The molecule has 4 nitrogen and oxygen atoms in total. The van der Waals surface area contributed by atoms with Gasteiger partial charge in [-0.15, -0.1) is 11.3 Å². The van der Waals surface area contributed by atoms with Crippen LogP contribution in [0, 0.1) is 6.92 Å². The van der Waals surface area contributed by atoms with E-state index in [0.717, 1.165) is 5.56 Å². The van der Waals surface area contributed by atoms with E-state index < -0.39 is 0 Å². The summed E-state index contributed by atoms with van der Waals surface area (Å²) in [6.45, 7) is 1.96. The quantitative estimate of drug-likeness (QED) is 0.894. The molecule has 0 aliphatic carbocycles. The Kier molecular flexibility index (Phi) is 3.53. The van der Waals surface area contributed by atoms with E-state index in [-0.39, 0.29) is 5.91 Å². The summed E-state index contributed by atoms with van der Waals surface area (Å²) in [5.74, 6) is 0.457. The highest BCUT2D eigenvalue weighted by atomic mass is 32.1. The highest BCUT2D eigenvalue weighted by Crippen LogP contribution is 2.27. The number of nitrogen functional groups attached to an aromatic ring is 1. The second-order valence-corrected chi connectivity index (χ2v) is 4.98. The van der Waals surface area contributed by atoms with Crippen LogP contribution < -0.4 is 15.8 Å². The lowest BCUT2D eigenvalue weighted by molar-refractivity contribution is 0.103. The lowest BCUT2D eigenvalue weighted by Gasteiger charge is -2.10. The van der Waals surface area contributed by atoms with Crippen molar-refractivity contribution in [2.45, 2.75) is 6.92 Å². The van der Waals surface area contributed by atoms with E-state index in [2.05, 4.69) is 5.32 Å². The van der Waals surface area contributed by atoms with Gasteiger partial charge in [-0.3, -0.25) is 4.79 Å². The van der Waals surface area contributed by atoms with Crippen molar-refractivity contribution in [2.24, 2.45) is 0 Å². The first kappa shape index (κ1) is 12.4. The van der Waals surface area contributed by atoms with Crippen LogP contribution >= 0.6 is 11.3 Å². The number of anilines is 2. The van der Waals surface area contributed by atoms with Crippen molar-refractivity contribution in [3.05, 3.63) is 40.8 Å². The zero-order valence-corrected chi connectivity index (χ0v) is 11.0. The highest BCUT2D eigenvalue weighted by molar-refractivity contribution is 7.17. The highest BCUT2D eigenvalue weighted by Gasteiger charge is 2.11. The van der Waals surface area contributed by atoms with Crippen molar-refractivity contribution in [1.29, 1.82) is 0 Å². The van der Waals surface area contributed by atoms with Gasteiger partial charge in [0, 0.05) is 0 Å². The molecule has 2 aromatic rings. The van der Waals surface area contributed by atoms with Gasteiger partial charge in [0.15, 0.2) is 0 Å². The van der Waals surface area contributed by atoms with Crippen molar-refractivity contribution in [2.75, 3.05) is 18.2 Å². The van der Waals surface area contributed by atoms with Gasteiger partial charge in [0.2, 0.25) is 0 Å². The summed E-state index contributed by atoms with van der Waals surface area (Å²) in [5.41, 5.74) is 7.32. The van der Waals surface area contributed by atoms with Gasteiger partial charge in [-0.2, -0.15) is 0 Å². The third kappa shape index (κ3) is 2.62. The molecule has 1 aromatic carbocycles. The largest absolute Gasteiger partial charge is 0.495 e. The average Bonchev–Trinajstić information content (AvgIpc) is 2.76. The molecule has 0 unspecified atom stereocenters. The van der Waals surface area contributed by atoms with Crippen LogP contribution in [0.25, 0.3) is 0 Å². The first-order chi connectivity index (χ1) is 8.60. The fraction of sp³-hybridized carbons (Fsp3) is 0.154. The molecule has 0 fully saturated rings. The molecule has 0 aliphatic rings. The van der Waals surface area contributed by atoms with E-state index in [1.165, 1.54) is 11.3 Å².